The summed E-state index contributed by atoms with van der Waals surface area (Å²) in [5.74, 6) is 1.80. The van der Waals surface area contributed by atoms with Crippen LogP contribution < -0.4 is 4.72 Å². The van der Waals surface area contributed by atoms with Gasteiger partial charge in [-0.2, -0.15) is 11.8 Å². The van der Waals surface area contributed by atoms with E-state index in [0.717, 1.165) is 17.9 Å². The van der Waals surface area contributed by atoms with Crippen LogP contribution in [-0.4, -0.2) is 39.2 Å². The van der Waals surface area contributed by atoms with E-state index < -0.39 is 15.6 Å². The SMILES string of the molecule is COC1(CNS(=O)(=O)c2cc(Cl)ccc2C)CCSC1. The average Bonchev–Trinajstić information content (AvgIpc) is 2.89. The molecule has 1 aliphatic rings. The monoisotopic (exact) mass is 335 g/mol. The number of rotatable bonds is 5. The molecule has 1 N–H and O–H groups in total. The van der Waals surface area contributed by atoms with Crippen LogP contribution >= 0.6 is 23.4 Å². The van der Waals surface area contributed by atoms with Crippen LogP contribution in [-0.2, 0) is 14.8 Å². The molecule has 1 heterocycles. The first kappa shape index (κ1) is 16.1. The fourth-order valence-corrected chi connectivity index (χ4v) is 5.15. The molecule has 1 atom stereocenters. The maximum Gasteiger partial charge on any atom is 0.240 e. The quantitative estimate of drug-likeness (QED) is 0.898. The zero-order chi connectivity index (χ0) is 14.8. The van der Waals surface area contributed by atoms with Gasteiger partial charge < -0.3 is 4.74 Å². The minimum atomic E-state index is -3.57. The van der Waals surface area contributed by atoms with Crippen molar-refractivity contribution in [1.82, 2.24) is 4.72 Å². The molecule has 0 radical (unpaired) electrons. The Balaban J connectivity index is 2.17. The Morgan fingerprint density at radius 2 is 2.25 bits per heavy atom. The van der Waals surface area contributed by atoms with Crippen LogP contribution in [0.15, 0.2) is 23.1 Å². The first-order valence-corrected chi connectivity index (χ1v) is 9.29. The van der Waals surface area contributed by atoms with Gasteiger partial charge in [0, 0.05) is 24.4 Å². The van der Waals surface area contributed by atoms with Crippen LogP contribution in [0, 0.1) is 6.92 Å². The molecule has 20 heavy (non-hydrogen) atoms. The maximum absolute atomic E-state index is 12.4. The summed E-state index contributed by atoms with van der Waals surface area (Å²) in [6.45, 7) is 2.03. The van der Waals surface area contributed by atoms with E-state index in [1.54, 1.807) is 37.9 Å². The lowest BCUT2D eigenvalue weighted by molar-refractivity contribution is 0.0179. The molecular weight excluding hydrogens is 318 g/mol. The number of aryl methyl sites for hydroxylation is 1. The summed E-state index contributed by atoms with van der Waals surface area (Å²) >= 11 is 7.66. The van der Waals surface area contributed by atoms with Crippen molar-refractivity contribution in [3.8, 4) is 0 Å². The highest BCUT2D eigenvalue weighted by Crippen LogP contribution is 2.30. The van der Waals surface area contributed by atoms with Gasteiger partial charge in [-0.1, -0.05) is 17.7 Å². The van der Waals surface area contributed by atoms with Gasteiger partial charge in [0.05, 0.1) is 10.5 Å². The second-order valence-corrected chi connectivity index (χ2v) is 8.20. The lowest BCUT2D eigenvalue weighted by atomic mass is 10.0. The van der Waals surface area contributed by atoms with E-state index in [1.807, 2.05) is 0 Å². The third-order valence-corrected chi connectivity index (χ3v) is 6.53. The normalized spacial score (nSPS) is 23.1. The van der Waals surface area contributed by atoms with E-state index in [9.17, 15) is 8.42 Å². The average molecular weight is 336 g/mol. The molecule has 1 aliphatic heterocycles. The molecule has 0 amide bonds. The fourth-order valence-electron chi connectivity index (χ4n) is 2.13. The summed E-state index contributed by atoms with van der Waals surface area (Å²) in [6.07, 6.45) is 0.852. The van der Waals surface area contributed by atoms with E-state index in [4.69, 9.17) is 16.3 Å². The predicted molar refractivity (Wildman–Crippen MR) is 83.1 cm³/mol. The number of halogens is 1. The second-order valence-electron chi connectivity index (χ2n) is 4.92. The lowest BCUT2D eigenvalue weighted by Gasteiger charge is -2.26. The van der Waals surface area contributed by atoms with Gasteiger partial charge in [0.25, 0.3) is 0 Å². The summed E-state index contributed by atoms with van der Waals surface area (Å²) < 4.78 is 32.9. The fraction of sp³-hybridized carbons (Fsp3) is 0.538. The number of hydrogen-bond acceptors (Lipinski definition) is 4. The van der Waals surface area contributed by atoms with Crippen molar-refractivity contribution in [1.29, 1.82) is 0 Å². The number of thioether (sulfide) groups is 1. The Labute approximate surface area is 129 Å². The Morgan fingerprint density at radius 1 is 1.50 bits per heavy atom. The minimum Gasteiger partial charge on any atom is -0.376 e. The van der Waals surface area contributed by atoms with Crippen molar-refractivity contribution >= 4 is 33.4 Å². The molecule has 1 saturated heterocycles. The highest BCUT2D eigenvalue weighted by Gasteiger charge is 2.35. The molecule has 4 nitrogen and oxygen atoms in total. The molecule has 0 aromatic heterocycles. The third kappa shape index (κ3) is 3.49. The van der Waals surface area contributed by atoms with Gasteiger partial charge in [0.15, 0.2) is 0 Å². The van der Waals surface area contributed by atoms with Crippen LogP contribution in [0.5, 0.6) is 0 Å². The molecule has 1 aromatic carbocycles. The van der Waals surface area contributed by atoms with E-state index in [-0.39, 0.29) is 11.4 Å². The Kier molecular flexibility index (Phi) is 5.02. The number of hydrogen-bond donors (Lipinski definition) is 1. The highest BCUT2D eigenvalue weighted by atomic mass is 35.5. The maximum atomic E-state index is 12.4. The van der Waals surface area contributed by atoms with Crippen molar-refractivity contribution in [3.63, 3.8) is 0 Å². The van der Waals surface area contributed by atoms with Crippen molar-refractivity contribution in [2.45, 2.75) is 23.8 Å². The number of ether oxygens (including phenoxy) is 1. The predicted octanol–water partition coefficient (Wildman–Crippen LogP) is 2.45. The largest absolute Gasteiger partial charge is 0.376 e. The van der Waals surface area contributed by atoms with E-state index in [2.05, 4.69) is 4.72 Å². The van der Waals surface area contributed by atoms with Crippen molar-refractivity contribution in [2.75, 3.05) is 25.2 Å². The van der Waals surface area contributed by atoms with Crippen LogP contribution in [0.2, 0.25) is 5.02 Å². The van der Waals surface area contributed by atoms with Crippen LogP contribution in [0.3, 0.4) is 0 Å². The molecular formula is C13H18ClNO3S2. The first-order valence-electron chi connectivity index (χ1n) is 6.27. The minimum absolute atomic E-state index is 0.224. The molecule has 0 saturated carbocycles. The van der Waals surface area contributed by atoms with E-state index >= 15 is 0 Å². The molecule has 2 rings (SSSR count). The smallest absolute Gasteiger partial charge is 0.240 e. The topological polar surface area (TPSA) is 55.4 Å². The Morgan fingerprint density at radius 3 is 2.85 bits per heavy atom. The second kappa shape index (κ2) is 6.23. The number of methoxy groups -OCH3 is 1. The van der Waals surface area contributed by atoms with Crippen molar-refractivity contribution in [3.05, 3.63) is 28.8 Å². The van der Waals surface area contributed by atoms with Crippen LogP contribution in [0.1, 0.15) is 12.0 Å². The summed E-state index contributed by atoms with van der Waals surface area (Å²) in [5, 5.41) is 0.411. The first-order chi connectivity index (χ1) is 9.38. The zero-order valence-electron chi connectivity index (χ0n) is 11.5. The van der Waals surface area contributed by atoms with E-state index in [1.165, 1.54) is 6.07 Å². The van der Waals surface area contributed by atoms with Crippen molar-refractivity contribution < 1.29 is 13.2 Å². The molecule has 1 fully saturated rings. The number of sulfonamides is 1. The molecule has 0 aliphatic carbocycles. The standard InChI is InChI=1S/C13H18ClNO3S2/c1-10-3-4-11(14)7-12(10)20(16,17)15-8-13(18-2)5-6-19-9-13/h3-4,7,15H,5-6,8-9H2,1-2H3. The van der Waals surface area contributed by atoms with Gasteiger partial charge in [-0.3, -0.25) is 0 Å². The number of nitrogens with one attached hydrogen (secondary N) is 1. The summed E-state index contributed by atoms with van der Waals surface area (Å²) in [5.41, 5.74) is 0.277. The molecule has 1 unspecified atom stereocenters. The number of benzene rings is 1. The Bertz CT molecular complexity index is 583. The molecule has 0 bridgehead atoms. The summed E-state index contributed by atoms with van der Waals surface area (Å²) in [6, 6.07) is 4.86. The zero-order valence-corrected chi connectivity index (χ0v) is 13.9. The molecule has 7 heteroatoms. The molecule has 0 spiro atoms. The lowest BCUT2D eigenvalue weighted by Crippen LogP contribution is -2.44. The summed E-state index contributed by atoms with van der Waals surface area (Å²) in [7, 11) is -1.94. The van der Waals surface area contributed by atoms with Gasteiger partial charge in [-0.25, -0.2) is 13.1 Å². The Hall–Kier alpha value is -0.270. The van der Waals surface area contributed by atoms with E-state index in [0.29, 0.717) is 10.6 Å². The van der Waals surface area contributed by atoms with Gasteiger partial charge in [0.1, 0.15) is 0 Å². The third-order valence-electron chi connectivity index (χ3n) is 3.52. The molecule has 112 valence electrons. The van der Waals surface area contributed by atoms with Gasteiger partial charge >= 0.3 is 0 Å². The molecule has 1 aromatic rings. The van der Waals surface area contributed by atoms with Crippen LogP contribution in [0.4, 0.5) is 0 Å². The van der Waals surface area contributed by atoms with Crippen molar-refractivity contribution in [2.24, 2.45) is 0 Å². The van der Waals surface area contributed by atoms with Gasteiger partial charge in [-0.15, -0.1) is 0 Å². The van der Waals surface area contributed by atoms with Gasteiger partial charge in [0.2, 0.25) is 10.0 Å². The van der Waals surface area contributed by atoms with Gasteiger partial charge in [-0.05, 0) is 36.8 Å². The summed E-state index contributed by atoms with van der Waals surface area (Å²) in [4.78, 5) is 0.224. The van der Waals surface area contributed by atoms with Crippen LogP contribution in [0.25, 0.3) is 0 Å². The highest BCUT2D eigenvalue weighted by molar-refractivity contribution is 7.99.